The van der Waals surface area contributed by atoms with Gasteiger partial charge in [-0.05, 0) is 20.8 Å². The van der Waals surface area contributed by atoms with Gasteiger partial charge in [0.25, 0.3) is 0 Å². The van der Waals surface area contributed by atoms with Gasteiger partial charge < -0.3 is 19.7 Å². The lowest BCUT2D eigenvalue weighted by Gasteiger charge is -2.23. The molecule has 1 fully saturated rings. The van der Waals surface area contributed by atoms with Crippen LogP contribution in [0.4, 0.5) is 10.6 Å². The number of carbonyl (C=O) groups excluding carboxylic acids is 1. The van der Waals surface area contributed by atoms with Crippen LogP contribution in [-0.4, -0.2) is 60.2 Å². The van der Waals surface area contributed by atoms with Crippen molar-refractivity contribution in [1.29, 1.82) is 0 Å². The Morgan fingerprint density at radius 3 is 2.93 bits per heavy atom. The van der Waals surface area contributed by atoms with Crippen molar-refractivity contribution in [3.8, 4) is 12.3 Å². The second-order valence-corrected chi connectivity index (χ2v) is 6.54. The number of rotatable bonds is 4. The summed E-state index contributed by atoms with van der Waals surface area (Å²) in [6.07, 6.45) is 4.37. The van der Waals surface area contributed by atoms with Gasteiger partial charge in [-0.3, -0.25) is 9.88 Å². The standard InChI is InChI=1S/C17H21N5O5/c1-5-17(7-23)11(24)6-12(27-17)22-8-18-13-14(19-10(4)20-15(13)22)21-16(25)26-9(2)3/h1,8-9,11-12,23-24H,6-7H2,2-4H3,(H,19,20,21,25)/t11-,12+,17+/m0/s1. The average Bonchev–Trinajstić information content (AvgIpc) is 3.15. The molecule has 1 saturated heterocycles. The van der Waals surface area contributed by atoms with E-state index in [1.807, 2.05) is 0 Å². The number of hydrogen-bond acceptors (Lipinski definition) is 8. The number of fused-ring (bicyclic) bond motifs is 1. The molecule has 0 spiro atoms. The topological polar surface area (TPSA) is 132 Å². The first-order chi connectivity index (χ1) is 12.8. The highest BCUT2D eigenvalue weighted by atomic mass is 16.6. The molecule has 1 aliphatic rings. The second-order valence-electron chi connectivity index (χ2n) is 6.54. The molecule has 144 valence electrons. The first kappa shape index (κ1) is 19.0. The maximum absolute atomic E-state index is 11.9. The van der Waals surface area contributed by atoms with Crippen molar-refractivity contribution >= 4 is 23.1 Å². The lowest BCUT2D eigenvalue weighted by atomic mass is 9.99. The minimum Gasteiger partial charge on any atom is -0.447 e. The Balaban J connectivity index is 1.96. The smallest absolute Gasteiger partial charge is 0.413 e. The maximum atomic E-state index is 11.9. The molecule has 1 aliphatic heterocycles. The predicted octanol–water partition coefficient (Wildman–Crippen LogP) is 0.736. The molecule has 3 heterocycles. The molecule has 3 atom stereocenters. The molecule has 10 heteroatoms. The lowest BCUT2D eigenvalue weighted by Crippen LogP contribution is -2.41. The maximum Gasteiger partial charge on any atom is 0.413 e. The van der Waals surface area contributed by atoms with Crippen LogP contribution in [-0.2, 0) is 9.47 Å². The van der Waals surface area contributed by atoms with Gasteiger partial charge in [0.15, 0.2) is 22.6 Å². The number of terminal acetylenes is 1. The van der Waals surface area contributed by atoms with Gasteiger partial charge in [0.2, 0.25) is 0 Å². The number of imidazole rings is 1. The molecule has 10 nitrogen and oxygen atoms in total. The second kappa shape index (κ2) is 7.11. The zero-order chi connectivity index (χ0) is 19.8. The molecular formula is C17H21N5O5. The van der Waals surface area contributed by atoms with E-state index in [1.54, 1.807) is 25.3 Å². The summed E-state index contributed by atoms with van der Waals surface area (Å²) in [6.45, 7) is 4.61. The van der Waals surface area contributed by atoms with E-state index >= 15 is 0 Å². The van der Waals surface area contributed by atoms with Crippen LogP contribution in [0.15, 0.2) is 6.33 Å². The number of amides is 1. The number of hydrogen-bond donors (Lipinski definition) is 3. The molecule has 2 aromatic heterocycles. The molecule has 0 bridgehead atoms. The van der Waals surface area contributed by atoms with E-state index in [2.05, 4.69) is 26.2 Å². The first-order valence-electron chi connectivity index (χ1n) is 8.43. The summed E-state index contributed by atoms with van der Waals surface area (Å²) in [5.41, 5.74) is -0.752. The summed E-state index contributed by atoms with van der Waals surface area (Å²) >= 11 is 0. The fraction of sp³-hybridized carbons (Fsp3) is 0.529. The van der Waals surface area contributed by atoms with Gasteiger partial charge in [-0.1, -0.05) is 5.92 Å². The molecule has 0 unspecified atom stereocenters. The van der Waals surface area contributed by atoms with Crippen LogP contribution in [0.1, 0.15) is 32.3 Å². The zero-order valence-corrected chi connectivity index (χ0v) is 15.2. The number of nitrogens with zero attached hydrogens (tertiary/aromatic N) is 4. The molecule has 27 heavy (non-hydrogen) atoms. The van der Waals surface area contributed by atoms with Crippen LogP contribution >= 0.6 is 0 Å². The Hall–Kier alpha value is -2.74. The third-order valence-corrected chi connectivity index (χ3v) is 4.20. The summed E-state index contributed by atoms with van der Waals surface area (Å²) in [5.74, 6) is 2.92. The first-order valence-corrected chi connectivity index (χ1v) is 8.43. The fourth-order valence-corrected chi connectivity index (χ4v) is 2.90. The SMILES string of the molecule is C#C[C@]1(CO)O[C@@H](n2cnc3c(NC(=O)OC(C)C)nc(C)nc32)C[C@@H]1O. The van der Waals surface area contributed by atoms with Crippen LogP contribution < -0.4 is 5.32 Å². The molecule has 0 saturated carbocycles. The Bertz CT molecular complexity index is 905. The van der Waals surface area contributed by atoms with Crippen LogP contribution in [0, 0.1) is 19.3 Å². The highest BCUT2D eigenvalue weighted by Gasteiger charge is 2.47. The highest BCUT2D eigenvalue weighted by Crippen LogP contribution is 2.37. The molecule has 0 aliphatic carbocycles. The fourth-order valence-electron chi connectivity index (χ4n) is 2.90. The summed E-state index contributed by atoms with van der Waals surface area (Å²) in [6, 6.07) is 0. The van der Waals surface area contributed by atoms with Crippen molar-refractivity contribution < 1.29 is 24.5 Å². The third-order valence-electron chi connectivity index (χ3n) is 4.20. The number of aliphatic hydroxyl groups excluding tert-OH is 2. The minimum atomic E-state index is -1.48. The lowest BCUT2D eigenvalue weighted by molar-refractivity contribution is -0.0891. The quantitative estimate of drug-likeness (QED) is 0.667. The predicted molar refractivity (Wildman–Crippen MR) is 94.7 cm³/mol. The number of carbonyl (C=O) groups is 1. The van der Waals surface area contributed by atoms with Gasteiger partial charge in [0.05, 0.1) is 19.0 Å². The van der Waals surface area contributed by atoms with Gasteiger partial charge in [0, 0.05) is 6.42 Å². The number of ether oxygens (including phenoxy) is 2. The Morgan fingerprint density at radius 1 is 1.59 bits per heavy atom. The van der Waals surface area contributed by atoms with Gasteiger partial charge in [0.1, 0.15) is 18.2 Å². The van der Waals surface area contributed by atoms with E-state index in [9.17, 15) is 15.0 Å². The van der Waals surface area contributed by atoms with Crippen molar-refractivity contribution in [3.63, 3.8) is 0 Å². The monoisotopic (exact) mass is 375 g/mol. The molecule has 3 rings (SSSR count). The number of aromatic nitrogens is 4. The molecule has 3 N–H and O–H groups in total. The van der Waals surface area contributed by atoms with E-state index in [1.165, 1.54) is 6.33 Å². The molecular weight excluding hydrogens is 354 g/mol. The van der Waals surface area contributed by atoms with Gasteiger partial charge in [-0.25, -0.2) is 19.7 Å². The average molecular weight is 375 g/mol. The van der Waals surface area contributed by atoms with E-state index in [0.29, 0.717) is 17.0 Å². The minimum absolute atomic E-state index is 0.150. The van der Waals surface area contributed by atoms with Crippen LogP contribution in [0.5, 0.6) is 0 Å². The van der Waals surface area contributed by atoms with Crippen molar-refractivity contribution in [2.75, 3.05) is 11.9 Å². The Labute approximate surface area is 155 Å². The largest absolute Gasteiger partial charge is 0.447 e. The van der Waals surface area contributed by atoms with Crippen molar-refractivity contribution in [3.05, 3.63) is 12.2 Å². The van der Waals surface area contributed by atoms with E-state index in [-0.39, 0.29) is 18.3 Å². The summed E-state index contributed by atoms with van der Waals surface area (Å²) < 4.78 is 12.4. The van der Waals surface area contributed by atoms with E-state index in [0.717, 1.165) is 0 Å². The number of aryl methyl sites for hydroxylation is 1. The van der Waals surface area contributed by atoms with Crippen LogP contribution in [0.25, 0.3) is 11.2 Å². The summed E-state index contributed by atoms with van der Waals surface area (Å²) in [5, 5.41) is 22.3. The molecule has 1 amide bonds. The zero-order valence-electron chi connectivity index (χ0n) is 15.2. The number of aliphatic hydroxyl groups is 2. The van der Waals surface area contributed by atoms with Crippen LogP contribution in [0.3, 0.4) is 0 Å². The Kier molecular flexibility index (Phi) is 5.01. The van der Waals surface area contributed by atoms with Gasteiger partial charge in [-0.15, -0.1) is 6.42 Å². The molecule has 2 aromatic rings. The Morgan fingerprint density at radius 2 is 2.33 bits per heavy atom. The number of nitrogens with one attached hydrogen (secondary N) is 1. The van der Waals surface area contributed by atoms with Gasteiger partial charge >= 0.3 is 6.09 Å². The highest BCUT2D eigenvalue weighted by molar-refractivity contribution is 5.93. The van der Waals surface area contributed by atoms with E-state index in [4.69, 9.17) is 15.9 Å². The van der Waals surface area contributed by atoms with Gasteiger partial charge in [-0.2, -0.15) is 0 Å². The molecule has 0 radical (unpaired) electrons. The van der Waals surface area contributed by atoms with Crippen LogP contribution in [0.2, 0.25) is 0 Å². The summed E-state index contributed by atoms with van der Waals surface area (Å²) in [7, 11) is 0. The normalized spacial score (nSPS) is 24.9. The summed E-state index contributed by atoms with van der Waals surface area (Å²) in [4.78, 5) is 24.7. The van der Waals surface area contributed by atoms with Crippen molar-refractivity contribution in [1.82, 2.24) is 19.5 Å². The van der Waals surface area contributed by atoms with Crippen molar-refractivity contribution in [2.45, 2.75) is 51.2 Å². The third kappa shape index (κ3) is 3.44. The van der Waals surface area contributed by atoms with Crippen molar-refractivity contribution in [2.24, 2.45) is 0 Å². The van der Waals surface area contributed by atoms with E-state index < -0.39 is 30.6 Å². The molecule has 0 aromatic carbocycles. The number of anilines is 1.